The molecule has 1 saturated carbocycles. The number of nitrogens with zero attached hydrogens (tertiary/aromatic N) is 1. The highest BCUT2D eigenvalue weighted by atomic mass is 16.5. The van der Waals surface area contributed by atoms with E-state index >= 15 is 0 Å². The highest BCUT2D eigenvalue weighted by Gasteiger charge is 2.22. The molecule has 0 spiro atoms. The van der Waals surface area contributed by atoms with Gasteiger partial charge in [0.15, 0.2) is 0 Å². The van der Waals surface area contributed by atoms with Crippen molar-refractivity contribution in [2.75, 3.05) is 13.6 Å². The lowest BCUT2D eigenvalue weighted by atomic mass is 9.89. The van der Waals surface area contributed by atoms with Gasteiger partial charge in [-0.3, -0.25) is 9.59 Å². The number of hydrogen-bond donors (Lipinski definition) is 0. The van der Waals surface area contributed by atoms with E-state index in [0.717, 1.165) is 19.3 Å². The van der Waals surface area contributed by atoms with Gasteiger partial charge in [-0.1, -0.05) is 13.3 Å². The average molecular weight is 227 g/mol. The zero-order valence-electron chi connectivity index (χ0n) is 10.4. The highest BCUT2D eigenvalue weighted by Crippen LogP contribution is 2.25. The Morgan fingerprint density at radius 2 is 2.06 bits per heavy atom. The lowest BCUT2D eigenvalue weighted by molar-refractivity contribution is -0.154. The van der Waals surface area contributed by atoms with Crippen molar-refractivity contribution in [1.82, 2.24) is 4.90 Å². The van der Waals surface area contributed by atoms with Crippen LogP contribution in [0.4, 0.5) is 0 Å². The lowest BCUT2D eigenvalue weighted by Gasteiger charge is -2.27. The largest absolute Gasteiger partial charge is 0.461 e. The summed E-state index contributed by atoms with van der Waals surface area (Å²) in [5.41, 5.74) is 0. The van der Waals surface area contributed by atoms with Gasteiger partial charge in [0.25, 0.3) is 0 Å². The van der Waals surface area contributed by atoms with Crippen LogP contribution in [0.2, 0.25) is 0 Å². The summed E-state index contributed by atoms with van der Waals surface area (Å²) >= 11 is 0. The molecule has 0 radical (unpaired) electrons. The maximum Gasteiger partial charge on any atom is 0.325 e. The van der Waals surface area contributed by atoms with Crippen LogP contribution in [0.15, 0.2) is 0 Å². The number of hydrogen-bond acceptors (Lipinski definition) is 3. The predicted octanol–water partition coefficient (Wildman–Crippen LogP) is 1.59. The molecule has 1 rings (SSSR count). The number of amides is 1. The van der Waals surface area contributed by atoms with Gasteiger partial charge in [-0.2, -0.15) is 0 Å². The normalized spacial score (nSPS) is 24.9. The van der Waals surface area contributed by atoms with Crippen LogP contribution in [0, 0.1) is 5.92 Å². The molecule has 0 saturated heterocycles. The van der Waals surface area contributed by atoms with E-state index in [-0.39, 0.29) is 24.5 Å². The van der Waals surface area contributed by atoms with Crippen molar-refractivity contribution < 1.29 is 14.3 Å². The first-order valence-electron chi connectivity index (χ1n) is 5.90. The standard InChI is InChI=1S/C12H21NO3/c1-9-5-4-6-11(7-9)16-12(15)8-13(3)10(2)14/h9,11H,4-8H2,1-3H3/t9-,11-/m1/s1. The van der Waals surface area contributed by atoms with Crippen LogP contribution in [0.3, 0.4) is 0 Å². The third-order valence-electron chi connectivity index (χ3n) is 3.09. The Balaban J connectivity index is 2.30. The second-order valence-corrected chi connectivity index (χ2v) is 4.76. The monoisotopic (exact) mass is 227 g/mol. The Morgan fingerprint density at radius 1 is 1.38 bits per heavy atom. The van der Waals surface area contributed by atoms with Crippen LogP contribution < -0.4 is 0 Å². The fourth-order valence-electron chi connectivity index (χ4n) is 2.01. The average Bonchev–Trinajstić information content (AvgIpc) is 2.16. The summed E-state index contributed by atoms with van der Waals surface area (Å²) in [7, 11) is 1.60. The van der Waals surface area contributed by atoms with Crippen molar-refractivity contribution >= 4 is 11.9 Å². The maximum atomic E-state index is 11.5. The van der Waals surface area contributed by atoms with Gasteiger partial charge in [0, 0.05) is 14.0 Å². The van der Waals surface area contributed by atoms with Gasteiger partial charge in [-0.25, -0.2) is 0 Å². The van der Waals surface area contributed by atoms with Gasteiger partial charge in [0.2, 0.25) is 5.91 Å². The predicted molar refractivity (Wildman–Crippen MR) is 60.8 cm³/mol. The molecule has 0 aromatic heterocycles. The smallest absolute Gasteiger partial charge is 0.325 e. The van der Waals surface area contributed by atoms with Gasteiger partial charge in [-0.05, 0) is 25.2 Å². The van der Waals surface area contributed by atoms with E-state index in [4.69, 9.17) is 4.74 Å². The first-order chi connectivity index (χ1) is 7.49. The Hall–Kier alpha value is -1.06. The number of carbonyl (C=O) groups excluding carboxylic acids is 2. The number of esters is 1. The molecule has 1 fully saturated rings. The number of ether oxygens (including phenoxy) is 1. The van der Waals surface area contributed by atoms with Crippen LogP contribution in [0.5, 0.6) is 0 Å². The van der Waals surface area contributed by atoms with Crippen molar-refractivity contribution in [3.05, 3.63) is 0 Å². The quantitative estimate of drug-likeness (QED) is 0.688. The van der Waals surface area contributed by atoms with Crippen LogP contribution >= 0.6 is 0 Å². The molecule has 1 aliphatic rings. The third-order valence-corrected chi connectivity index (χ3v) is 3.09. The Kier molecular flexibility index (Phi) is 4.77. The number of likely N-dealkylation sites (N-methyl/N-ethyl adjacent to an activating group) is 1. The molecule has 4 heteroatoms. The van der Waals surface area contributed by atoms with Gasteiger partial charge in [-0.15, -0.1) is 0 Å². The summed E-state index contributed by atoms with van der Waals surface area (Å²) in [5.74, 6) is 0.225. The molecule has 0 aromatic carbocycles. The summed E-state index contributed by atoms with van der Waals surface area (Å²) in [4.78, 5) is 23.8. The zero-order chi connectivity index (χ0) is 12.1. The fraction of sp³-hybridized carbons (Fsp3) is 0.833. The molecular weight excluding hydrogens is 206 g/mol. The Bertz CT molecular complexity index is 265. The molecule has 0 heterocycles. The third kappa shape index (κ3) is 4.21. The maximum absolute atomic E-state index is 11.5. The molecule has 0 aromatic rings. The number of carbonyl (C=O) groups is 2. The fourth-order valence-corrected chi connectivity index (χ4v) is 2.01. The molecule has 0 N–H and O–H groups in total. The van der Waals surface area contributed by atoms with Crippen LogP contribution in [-0.4, -0.2) is 36.5 Å². The molecule has 0 bridgehead atoms. The van der Waals surface area contributed by atoms with Crippen LogP contribution in [0.1, 0.15) is 39.5 Å². The first kappa shape index (κ1) is 13.0. The Labute approximate surface area is 96.9 Å². The van der Waals surface area contributed by atoms with E-state index in [2.05, 4.69) is 6.92 Å². The first-order valence-corrected chi connectivity index (χ1v) is 5.90. The molecule has 0 unspecified atom stereocenters. The van der Waals surface area contributed by atoms with E-state index in [1.807, 2.05) is 0 Å². The van der Waals surface area contributed by atoms with E-state index in [9.17, 15) is 9.59 Å². The van der Waals surface area contributed by atoms with Crippen LogP contribution in [0.25, 0.3) is 0 Å². The second-order valence-electron chi connectivity index (χ2n) is 4.76. The van der Waals surface area contributed by atoms with Crippen LogP contribution in [-0.2, 0) is 14.3 Å². The molecule has 1 amide bonds. The minimum atomic E-state index is -0.295. The summed E-state index contributed by atoms with van der Waals surface area (Å²) in [6.07, 6.45) is 4.31. The van der Waals surface area contributed by atoms with Crippen molar-refractivity contribution in [3.8, 4) is 0 Å². The van der Waals surface area contributed by atoms with E-state index in [1.165, 1.54) is 18.2 Å². The van der Waals surface area contributed by atoms with Crippen molar-refractivity contribution in [3.63, 3.8) is 0 Å². The SMILES string of the molecule is CC(=O)N(C)CC(=O)O[C@@H]1CCC[C@@H](C)C1. The van der Waals surface area contributed by atoms with E-state index in [0.29, 0.717) is 5.92 Å². The molecule has 1 aliphatic carbocycles. The number of rotatable bonds is 3. The topological polar surface area (TPSA) is 46.6 Å². The molecule has 4 nitrogen and oxygen atoms in total. The summed E-state index contributed by atoms with van der Waals surface area (Å²) in [6.45, 7) is 3.68. The molecule has 2 atom stereocenters. The zero-order valence-corrected chi connectivity index (χ0v) is 10.4. The Morgan fingerprint density at radius 3 is 2.62 bits per heavy atom. The van der Waals surface area contributed by atoms with E-state index < -0.39 is 0 Å². The minimum Gasteiger partial charge on any atom is -0.461 e. The van der Waals surface area contributed by atoms with Gasteiger partial charge in [0.05, 0.1) is 0 Å². The molecule has 16 heavy (non-hydrogen) atoms. The van der Waals surface area contributed by atoms with Crippen molar-refractivity contribution in [2.24, 2.45) is 5.92 Å². The van der Waals surface area contributed by atoms with Crippen molar-refractivity contribution in [1.29, 1.82) is 0 Å². The molecule has 92 valence electrons. The highest BCUT2D eigenvalue weighted by molar-refractivity contribution is 5.80. The summed E-state index contributed by atoms with van der Waals surface area (Å²) in [6, 6.07) is 0. The molecular formula is C12H21NO3. The van der Waals surface area contributed by atoms with Gasteiger partial charge >= 0.3 is 5.97 Å². The summed E-state index contributed by atoms with van der Waals surface area (Å²) < 4.78 is 5.35. The lowest BCUT2D eigenvalue weighted by Crippen LogP contribution is -2.34. The van der Waals surface area contributed by atoms with Crippen molar-refractivity contribution in [2.45, 2.75) is 45.6 Å². The summed E-state index contributed by atoms with van der Waals surface area (Å²) in [5, 5.41) is 0. The minimum absolute atomic E-state index is 0.0524. The second kappa shape index (κ2) is 5.87. The van der Waals surface area contributed by atoms with E-state index in [1.54, 1.807) is 7.05 Å². The van der Waals surface area contributed by atoms with Gasteiger partial charge < -0.3 is 9.64 Å². The van der Waals surface area contributed by atoms with Gasteiger partial charge in [0.1, 0.15) is 12.6 Å². The molecule has 0 aliphatic heterocycles.